The fourth-order valence-electron chi connectivity index (χ4n) is 7.92. The maximum atomic E-state index is 12.5. The van der Waals surface area contributed by atoms with Crippen LogP contribution in [0.15, 0.2) is 59.3 Å². The Kier molecular flexibility index (Phi) is 7.01. The summed E-state index contributed by atoms with van der Waals surface area (Å²) in [6.07, 6.45) is 12.8. The van der Waals surface area contributed by atoms with Gasteiger partial charge in [0.2, 0.25) is 0 Å². The van der Waals surface area contributed by atoms with Crippen molar-refractivity contribution in [1.82, 2.24) is 5.32 Å². The largest absolute Gasteiger partial charge is 0.467 e. The highest BCUT2D eigenvalue weighted by molar-refractivity contribution is 6.05. The van der Waals surface area contributed by atoms with E-state index < -0.39 is 23.5 Å². The van der Waals surface area contributed by atoms with Crippen LogP contribution in [0, 0.1) is 28.6 Å². The number of carbonyl (C=O) groups excluding carboxylic acids is 2. The number of hydrogen-bond acceptors (Lipinski definition) is 6. The van der Waals surface area contributed by atoms with E-state index in [2.05, 4.69) is 36.5 Å². The molecule has 3 fully saturated rings. The highest BCUT2D eigenvalue weighted by Gasteiger charge is 2.61. The fourth-order valence-corrected chi connectivity index (χ4v) is 7.92. The minimum absolute atomic E-state index is 0.0124. The van der Waals surface area contributed by atoms with Gasteiger partial charge in [-0.2, -0.15) is 0 Å². The molecule has 0 heterocycles. The number of aliphatic hydroxyl groups is 1. The Morgan fingerprint density at radius 2 is 1.84 bits per heavy atom. The predicted octanol–water partition coefficient (Wildman–Crippen LogP) is 4.88. The van der Waals surface area contributed by atoms with Crippen molar-refractivity contribution in [1.29, 1.82) is 0 Å². The van der Waals surface area contributed by atoms with E-state index in [1.807, 2.05) is 19.1 Å². The highest BCUT2D eigenvalue weighted by Crippen LogP contribution is 2.66. The van der Waals surface area contributed by atoms with Crippen LogP contribution in [0.1, 0.15) is 70.9 Å². The molecule has 4 aliphatic carbocycles. The van der Waals surface area contributed by atoms with Crippen LogP contribution in [0.2, 0.25) is 0 Å². The molecule has 0 unspecified atom stereocenters. The number of carbonyl (C=O) groups is 2. The van der Waals surface area contributed by atoms with Crippen molar-refractivity contribution in [3.05, 3.63) is 59.7 Å². The molecule has 7 atom stereocenters. The number of fused-ring (bicyclic) bond motifs is 5. The molecule has 0 saturated heterocycles. The number of nitrogens with zero attached hydrogens (tertiary/aromatic N) is 1. The molecule has 7 heteroatoms. The summed E-state index contributed by atoms with van der Waals surface area (Å²) >= 11 is 0. The highest BCUT2D eigenvalue weighted by atomic mass is 16.6. The van der Waals surface area contributed by atoms with Crippen molar-refractivity contribution in [3.8, 4) is 0 Å². The quantitative estimate of drug-likeness (QED) is 0.412. The van der Waals surface area contributed by atoms with E-state index in [4.69, 9.17) is 9.57 Å². The average Bonchev–Trinajstić information content (AvgIpc) is 3.16. The van der Waals surface area contributed by atoms with E-state index in [-0.39, 0.29) is 17.4 Å². The molecule has 1 aromatic rings. The molecule has 4 aliphatic rings. The number of nitrogens with one attached hydrogen (secondary N) is 1. The SMILES string of the molecule is COC(=O)[C@H](NC(=O)CO/N=C1\C=C[C@@]2(C)C(=C1)CC[C@@H]1[C@@H]2CC[C@@]2(C)[C@H]1CC[C@]2(C)O)c1ccccc1. The van der Waals surface area contributed by atoms with Crippen molar-refractivity contribution in [2.45, 2.75) is 70.9 Å². The second kappa shape index (κ2) is 9.99. The zero-order chi connectivity index (χ0) is 27.1. The van der Waals surface area contributed by atoms with Gasteiger partial charge in [0.1, 0.15) is 5.71 Å². The molecule has 0 aliphatic heterocycles. The summed E-state index contributed by atoms with van der Waals surface area (Å²) < 4.78 is 4.85. The van der Waals surface area contributed by atoms with Crippen LogP contribution in [0.3, 0.4) is 0 Å². The van der Waals surface area contributed by atoms with Gasteiger partial charge in [-0.1, -0.05) is 61.0 Å². The number of methoxy groups -OCH3 is 1. The number of rotatable bonds is 6. The summed E-state index contributed by atoms with van der Waals surface area (Å²) in [4.78, 5) is 30.1. The molecule has 5 rings (SSSR count). The lowest BCUT2D eigenvalue weighted by Crippen LogP contribution is -2.53. The number of oxime groups is 1. The van der Waals surface area contributed by atoms with E-state index in [0.29, 0.717) is 29.0 Å². The van der Waals surface area contributed by atoms with Crippen molar-refractivity contribution in [3.63, 3.8) is 0 Å². The first-order chi connectivity index (χ1) is 18.1. The standard InChI is InChI=1S/C31H40N2O5/c1-29-15-12-22(33-38-19-26(34)32-27(28(35)37-4)20-8-6-5-7-9-20)18-21(29)10-11-23-24(29)13-16-30(2)25(23)14-17-31(30,3)36/h5-9,12,15,18,23-25,27,36H,10-11,13-14,16-17,19H2,1-4H3,(H,32,34)/b33-22+/t23-,24+,25+,27-,29+,30+,31+/m1/s1. The Morgan fingerprint density at radius 3 is 2.58 bits per heavy atom. The number of esters is 1. The van der Waals surface area contributed by atoms with E-state index in [1.165, 1.54) is 12.7 Å². The third-order valence-corrected chi connectivity index (χ3v) is 10.4. The molecular formula is C31H40N2O5. The summed E-state index contributed by atoms with van der Waals surface area (Å²) in [5.74, 6) is 0.760. The Balaban J connectivity index is 1.22. The molecule has 1 aromatic carbocycles. The molecule has 1 amide bonds. The van der Waals surface area contributed by atoms with Crippen LogP contribution in [-0.2, 0) is 19.2 Å². The molecule has 0 aromatic heterocycles. The Hall–Kier alpha value is -2.93. The third-order valence-electron chi connectivity index (χ3n) is 10.4. The third kappa shape index (κ3) is 4.49. The molecule has 2 N–H and O–H groups in total. The van der Waals surface area contributed by atoms with E-state index in [0.717, 1.165) is 38.5 Å². The Bertz CT molecular complexity index is 1170. The lowest BCUT2D eigenvalue weighted by Gasteiger charge is -2.58. The van der Waals surface area contributed by atoms with Gasteiger partial charge in [0.15, 0.2) is 12.6 Å². The summed E-state index contributed by atoms with van der Waals surface area (Å²) in [5.41, 5.74) is 2.13. The summed E-state index contributed by atoms with van der Waals surface area (Å²) in [6.45, 7) is 6.41. The van der Waals surface area contributed by atoms with Gasteiger partial charge in [0.05, 0.1) is 12.7 Å². The minimum Gasteiger partial charge on any atom is -0.467 e. The van der Waals surface area contributed by atoms with Crippen LogP contribution in [0.25, 0.3) is 0 Å². The van der Waals surface area contributed by atoms with Crippen molar-refractivity contribution < 1.29 is 24.3 Å². The molecular weight excluding hydrogens is 480 g/mol. The van der Waals surface area contributed by atoms with Crippen molar-refractivity contribution >= 4 is 17.6 Å². The second-order valence-corrected chi connectivity index (χ2v) is 12.2. The van der Waals surface area contributed by atoms with Crippen molar-refractivity contribution in [2.75, 3.05) is 13.7 Å². The first-order valence-electron chi connectivity index (χ1n) is 13.8. The van der Waals surface area contributed by atoms with Crippen LogP contribution >= 0.6 is 0 Å². The first-order valence-corrected chi connectivity index (χ1v) is 13.8. The minimum atomic E-state index is -0.904. The van der Waals surface area contributed by atoms with Crippen LogP contribution in [0.4, 0.5) is 0 Å². The monoisotopic (exact) mass is 520 g/mol. The van der Waals surface area contributed by atoms with E-state index >= 15 is 0 Å². The van der Waals surface area contributed by atoms with E-state index in [9.17, 15) is 14.7 Å². The molecule has 38 heavy (non-hydrogen) atoms. The number of allylic oxidation sites excluding steroid dienone is 4. The maximum absolute atomic E-state index is 12.5. The van der Waals surface area contributed by atoms with Gasteiger partial charge in [-0.25, -0.2) is 4.79 Å². The lowest BCUT2D eigenvalue weighted by atomic mass is 9.47. The van der Waals surface area contributed by atoms with Gasteiger partial charge in [0.25, 0.3) is 5.91 Å². The topological polar surface area (TPSA) is 97.2 Å². The summed E-state index contributed by atoms with van der Waals surface area (Å²) in [6, 6.07) is 8.05. The number of hydrogen-bond donors (Lipinski definition) is 2. The number of ether oxygens (including phenoxy) is 1. The lowest BCUT2D eigenvalue weighted by molar-refractivity contribution is -0.145. The van der Waals surface area contributed by atoms with Crippen LogP contribution < -0.4 is 5.32 Å². The fraction of sp³-hybridized carbons (Fsp3) is 0.581. The maximum Gasteiger partial charge on any atom is 0.333 e. The molecule has 0 bridgehead atoms. The smallest absolute Gasteiger partial charge is 0.333 e. The molecule has 7 nitrogen and oxygen atoms in total. The predicted molar refractivity (Wildman–Crippen MR) is 145 cm³/mol. The van der Waals surface area contributed by atoms with Crippen LogP contribution in [-0.4, -0.2) is 42.0 Å². The average molecular weight is 521 g/mol. The molecule has 3 saturated carbocycles. The Morgan fingerprint density at radius 1 is 1.11 bits per heavy atom. The zero-order valence-corrected chi connectivity index (χ0v) is 22.9. The molecule has 204 valence electrons. The van der Waals surface area contributed by atoms with Gasteiger partial charge in [-0.05, 0) is 86.3 Å². The van der Waals surface area contributed by atoms with Crippen LogP contribution in [0.5, 0.6) is 0 Å². The molecule has 0 radical (unpaired) electrons. The van der Waals surface area contributed by atoms with Gasteiger partial charge in [0, 0.05) is 5.41 Å². The van der Waals surface area contributed by atoms with Gasteiger partial charge < -0.3 is 20.0 Å². The van der Waals surface area contributed by atoms with Crippen molar-refractivity contribution in [2.24, 2.45) is 33.7 Å². The van der Waals surface area contributed by atoms with Gasteiger partial charge in [-0.15, -0.1) is 0 Å². The second-order valence-electron chi connectivity index (χ2n) is 12.2. The number of amides is 1. The summed E-state index contributed by atoms with van der Waals surface area (Å²) in [5, 5.41) is 18.0. The van der Waals surface area contributed by atoms with Gasteiger partial charge in [-0.3, -0.25) is 4.79 Å². The van der Waals surface area contributed by atoms with Gasteiger partial charge >= 0.3 is 5.97 Å². The number of benzene rings is 1. The Labute approximate surface area is 225 Å². The zero-order valence-electron chi connectivity index (χ0n) is 22.9. The van der Waals surface area contributed by atoms with E-state index in [1.54, 1.807) is 24.3 Å². The first kappa shape index (κ1) is 26.7. The summed E-state index contributed by atoms with van der Waals surface area (Å²) in [7, 11) is 1.29. The molecule has 0 spiro atoms. The normalized spacial score (nSPS) is 37.3.